The van der Waals surface area contributed by atoms with E-state index in [1.165, 1.54) is 12.7 Å². The number of benzene rings is 1. The van der Waals surface area contributed by atoms with E-state index in [0.717, 1.165) is 36.3 Å². The molecule has 5 atom stereocenters. The van der Waals surface area contributed by atoms with Crippen molar-refractivity contribution in [2.24, 2.45) is 5.41 Å². The average molecular weight is 368 g/mol. The summed E-state index contributed by atoms with van der Waals surface area (Å²) in [7, 11) is 1.45. The average Bonchev–Trinajstić information content (AvgIpc) is 3.36. The lowest BCUT2D eigenvalue weighted by Crippen LogP contribution is -2.67. The number of methoxy groups -OCH3 is 1. The predicted molar refractivity (Wildman–Crippen MR) is 98.2 cm³/mol. The number of aliphatic hydroxyl groups is 1. The fourth-order valence-corrected chi connectivity index (χ4v) is 7.01. The van der Waals surface area contributed by atoms with Gasteiger partial charge in [-0.15, -0.1) is 0 Å². The maximum atomic E-state index is 12.8. The smallest absolute Gasteiger partial charge is 0.335 e. The van der Waals surface area contributed by atoms with Gasteiger partial charge in [-0.1, -0.05) is 18.2 Å². The number of para-hydroxylation sites is 1. The number of rotatable bonds is 1. The Morgan fingerprint density at radius 1 is 1.37 bits per heavy atom. The number of hydrogen-bond acceptors (Lipinski definition) is 6. The van der Waals surface area contributed by atoms with Crippen molar-refractivity contribution in [2.45, 2.75) is 42.9 Å². The van der Waals surface area contributed by atoms with E-state index in [1.54, 1.807) is 0 Å². The van der Waals surface area contributed by atoms with E-state index in [4.69, 9.17) is 9.47 Å². The van der Waals surface area contributed by atoms with Gasteiger partial charge >= 0.3 is 5.97 Å². The van der Waals surface area contributed by atoms with Gasteiger partial charge in [0.25, 0.3) is 0 Å². The van der Waals surface area contributed by atoms with Crippen molar-refractivity contribution in [3.63, 3.8) is 0 Å². The van der Waals surface area contributed by atoms with Crippen molar-refractivity contribution >= 4 is 11.7 Å². The molecule has 1 aromatic rings. The Morgan fingerprint density at radius 3 is 3.07 bits per heavy atom. The molecule has 0 amide bonds. The highest BCUT2D eigenvalue weighted by Crippen LogP contribution is 2.66. The number of nitrogens with zero attached hydrogens (tertiary/aromatic N) is 1. The lowest BCUT2D eigenvalue weighted by atomic mass is 9.53. The molecule has 2 N–H and O–H groups in total. The molecule has 3 fully saturated rings. The summed E-state index contributed by atoms with van der Waals surface area (Å²) in [6, 6.07) is 8.65. The number of hydrogen-bond donors (Lipinski definition) is 2. The number of ether oxygens (including phenoxy) is 2. The Hall–Kier alpha value is -1.89. The van der Waals surface area contributed by atoms with Crippen LogP contribution in [0, 0.1) is 5.41 Å². The first-order valence-electron chi connectivity index (χ1n) is 9.84. The third kappa shape index (κ3) is 1.71. The first-order chi connectivity index (χ1) is 13.1. The second kappa shape index (κ2) is 5.13. The van der Waals surface area contributed by atoms with E-state index in [0.29, 0.717) is 19.6 Å². The fourth-order valence-electron chi connectivity index (χ4n) is 7.01. The van der Waals surface area contributed by atoms with E-state index in [-0.39, 0.29) is 28.9 Å². The second-order valence-corrected chi connectivity index (χ2v) is 8.65. The van der Waals surface area contributed by atoms with Crippen LogP contribution in [0.25, 0.3) is 0 Å². The Bertz CT molecular complexity index is 883. The molecule has 0 saturated carbocycles. The molecule has 0 radical (unpaired) electrons. The number of anilines is 1. The highest BCUT2D eigenvalue weighted by Gasteiger charge is 2.71. The van der Waals surface area contributed by atoms with E-state index in [2.05, 4.69) is 28.4 Å². The summed E-state index contributed by atoms with van der Waals surface area (Å²) in [5, 5.41) is 14.4. The molecule has 3 saturated heterocycles. The quantitative estimate of drug-likeness (QED) is 0.731. The molecule has 0 aromatic heterocycles. The molecule has 0 bridgehead atoms. The Kier molecular flexibility index (Phi) is 3.06. The lowest BCUT2D eigenvalue weighted by Gasteiger charge is -2.57. The lowest BCUT2D eigenvalue weighted by molar-refractivity contribution is -0.144. The van der Waals surface area contributed by atoms with Gasteiger partial charge in [-0.25, -0.2) is 4.79 Å². The monoisotopic (exact) mass is 368 g/mol. The SMILES string of the molecule is COC(=O)C1=C2Nc3ccccc3[C@@]23CCN2C[C@@H](O)[C@@H]4OCC[C@]4(C1)[C@H]23. The summed E-state index contributed by atoms with van der Waals surface area (Å²) < 4.78 is 11.3. The molecule has 0 unspecified atom stereocenters. The zero-order chi connectivity index (χ0) is 18.4. The number of fused-ring (bicyclic) bond motifs is 1. The fraction of sp³-hybridized carbons (Fsp3) is 0.571. The molecule has 1 aliphatic carbocycles. The number of carbonyl (C=O) groups excluding carboxylic acids is 1. The molecule has 4 aliphatic heterocycles. The zero-order valence-corrected chi connectivity index (χ0v) is 15.4. The summed E-state index contributed by atoms with van der Waals surface area (Å²) >= 11 is 0. The van der Waals surface area contributed by atoms with Gasteiger partial charge in [0.15, 0.2) is 0 Å². The standard InChI is InChI=1S/C21H24N2O4/c1-26-18(25)12-10-20-7-9-27-17(20)15(24)11-23-8-6-21(19(20)23)13-4-2-3-5-14(13)22-16(12)21/h2-5,15,17,19,22,24H,6-11H2,1H3/t15-,17+,19+,20-,21+/m1/s1. The van der Waals surface area contributed by atoms with Crippen molar-refractivity contribution in [1.29, 1.82) is 0 Å². The minimum atomic E-state index is -0.510. The van der Waals surface area contributed by atoms with Gasteiger partial charge in [-0.3, -0.25) is 4.90 Å². The molecule has 27 heavy (non-hydrogen) atoms. The van der Waals surface area contributed by atoms with Crippen LogP contribution < -0.4 is 5.32 Å². The summed E-state index contributed by atoms with van der Waals surface area (Å²) in [4.78, 5) is 15.3. The van der Waals surface area contributed by atoms with Gasteiger partial charge in [0.05, 0.1) is 30.3 Å². The second-order valence-electron chi connectivity index (χ2n) is 8.65. The minimum absolute atomic E-state index is 0.220. The molecule has 142 valence electrons. The van der Waals surface area contributed by atoms with Gasteiger partial charge in [0, 0.05) is 36.0 Å². The van der Waals surface area contributed by atoms with E-state index in [1.807, 2.05) is 6.07 Å². The molecule has 1 aromatic carbocycles. The minimum Gasteiger partial charge on any atom is -0.466 e. The maximum absolute atomic E-state index is 12.8. The largest absolute Gasteiger partial charge is 0.466 e. The van der Waals surface area contributed by atoms with Crippen molar-refractivity contribution < 1.29 is 19.4 Å². The highest BCUT2D eigenvalue weighted by atomic mass is 16.5. The van der Waals surface area contributed by atoms with Gasteiger partial charge in [0.2, 0.25) is 0 Å². The van der Waals surface area contributed by atoms with Gasteiger partial charge in [-0.05, 0) is 37.4 Å². The number of aliphatic hydroxyl groups excluding tert-OH is 1. The van der Waals surface area contributed by atoms with Crippen LogP contribution in [-0.4, -0.2) is 61.0 Å². The Labute approximate surface area is 158 Å². The summed E-state index contributed by atoms with van der Waals surface area (Å²) in [5.41, 5.74) is 3.63. The van der Waals surface area contributed by atoms with E-state index in [9.17, 15) is 9.90 Å². The molecule has 4 heterocycles. The van der Waals surface area contributed by atoms with Crippen LogP contribution in [0.15, 0.2) is 35.5 Å². The van der Waals surface area contributed by atoms with Crippen LogP contribution in [-0.2, 0) is 19.7 Å². The van der Waals surface area contributed by atoms with Gasteiger partial charge in [-0.2, -0.15) is 0 Å². The molecule has 5 aliphatic rings. The summed E-state index contributed by atoms with van der Waals surface area (Å²) in [6.45, 7) is 2.20. The Balaban J connectivity index is 1.66. The summed E-state index contributed by atoms with van der Waals surface area (Å²) in [6.07, 6.45) is 1.68. The van der Waals surface area contributed by atoms with Gasteiger partial charge < -0.3 is 19.9 Å². The van der Waals surface area contributed by atoms with Crippen LogP contribution in [0.5, 0.6) is 0 Å². The first-order valence-corrected chi connectivity index (χ1v) is 9.84. The molecule has 2 spiro atoms. The van der Waals surface area contributed by atoms with Crippen molar-refractivity contribution in [2.75, 3.05) is 32.1 Å². The third-order valence-corrected chi connectivity index (χ3v) is 7.73. The number of nitrogens with one attached hydrogen (secondary N) is 1. The topological polar surface area (TPSA) is 71.0 Å². The van der Waals surface area contributed by atoms with Gasteiger partial charge in [0.1, 0.15) is 0 Å². The van der Waals surface area contributed by atoms with Crippen molar-refractivity contribution in [1.82, 2.24) is 4.90 Å². The zero-order valence-electron chi connectivity index (χ0n) is 15.4. The summed E-state index contributed by atoms with van der Waals surface area (Å²) in [5.74, 6) is -0.262. The Morgan fingerprint density at radius 2 is 2.22 bits per heavy atom. The van der Waals surface area contributed by atoms with Crippen LogP contribution in [0.3, 0.4) is 0 Å². The van der Waals surface area contributed by atoms with E-state index < -0.39 is 6.10 Å². The number of esters is 1. The molecular formula is C21H24N2O4. The third-order valence-electron chi connectivity index (χ3n) is 7.73. The first kappa shape index (κ1) is 16.1. The van der Waals surface area contributed by atoms with Crippen LogP contribution in [0.2, 0.25) is 0 Å². The number of piperidine rings is 1. The molecular weight excluding hydrogens is 344 g/mol. The van der Waals surface area contributed by atoms with Crippen LogP contribution in [0.1, 0.15) is 24.8 Å². The molecule has 6 rings (SSSR count). The van der Waals surface area contributed by atoms with Crippen LogP contribution >= 0.6 is 0 Å². The maximum Gasteiger partial charge on any atom is 0.335 e. The normalized spacial score (nSPS) is 41.5. The predicted octanol–water partition coefficient (Wildman–Crippen LogP) is 1.40. The van der Waals surface area contributed by atoms with E-state index >= 15 is 0 Å². The van der Waals surface area contributed by atoms with Crippen LogP contribution in [0.4, 0.5) is 5.69 Å². The number of carbonyl (C=O) groups is 1. The molecule has 6 heteroatoms. The highest BCUT2D eigenvalue weighted by molar-refractivity contribution is 5.93. The van der Waals surface area contributed by atoms with Crippen molar-refractivity contribution in [3.05, 3.63) is 41.1 Å². The van der Waals surface area contributed by atoms with Crippen molar-refractivity contribution in [3.8, 4) is 0 Å². The molecule has 6 nitrogen and oxygen atoms in total.